The summed E-state index contributed by atoms with van der Waals surface area (Å²) in [6.45, 7) is 4.20. The Morgan fingerprint density at radius 1 is 1.14 bits per heavy atom. The zero-order valence-corrected chi connectivity index (χ0v) is 16.8. The van der Waals surface area contributed by atoms with Crippen LogP contribution in [0.25, 0.3) is 0 Å². The van der Waals surface area contributed by atoms with E-state index in [0.29, 0.717) is 35.6 Å². The van der Waals surface area contributed by atoms with Gasteiger partial charge >= 0.3 is 0 Å². The highest BCUT2D eigenvalue weighted by Gasteiger charge is 2.25. The molecule has 0 spiro atoms. The van der Waals surface area contributed by atoms with Crippen LogP contribution in [0, 0.1) is 6.92 Å². The first kappa shape index (κ1) is 20.8. The van der Waals surface area contributed by atoms with Gasteiger partial charge in [0.25, 0.3) is 11.8 Å². The highest BCUT2D eigenvalue weighted by Crippen LogP contribution is 2.21. The summed E-state index contributed by atoms with van der Waals surface area (Å²) >= 11 is 0. The molecule has 2 aromatic rings. The van der Waals surface area contributed by atoms with Crippen molar-refractivity contribution in [2.24, 2.45) is 0 Å². The van der Waals surface area contributed by atoms with Gasteiger partial charge in [0.05, 0.1) is 30.5 Å². The number of carbonyl (C=O) groups is 2. The van der Waals surface area contributed by atoms with Crippen LogP contribution in [0.5, 0.6) is 5.75 Å². The average molecular weight is 397 g/mol. The molecule has 1 saturated carbocycles. The van der Waals surface area contributed by atoms with E-state index in [9.17, 15) is 14.7 Å². The zero-order valence-electron chi connectivity index (χ0n) is 16.8. The largest absolute Gasteiger partial charge is 0.492 e. The second kappa shape index (κ2) is 9.52. The fourth-order valence-electron chi connectivity index (χ4n) is 3.41. The molecule has 0 saturated heterocycles. The summed E-state index contributed by atoms with van der Waals surface area (Å²) in [4.78, 5) is 29.3. The third-order valence-corrected chi connectivity index (χ3v) is 5.08. The number of amides is 2. The monoisotopic (exact) mass is 397 g/mol. The van der Waals surface area contributed by atoms with E-state index in [2.05, 4.69) is 15.6 Å². The minimum absolute atomic E-state index is 0.233. The number of aliphatic hydroxyl groups excluding tert-OH is 1. The lowest BCUT2D eigenvalue weighted by Gasteiger charge is -2.28. The number of pyridine rings is 1. The molecule has 7 nitrogen and oxygen atoms in total. The molecule has 7 heteroatoms. The molecule has 1 aromatic heterocycles. The molecule has 1 aliphatic carbocycles. The Bertz CT molecular complexity index is 884. The lowest BCUT2D eigenvalue weighted by molar-refractivity contribution is 0.0717. The standard InChI is InChI=1S/C22H27N3O4/c1-3-29-17-10-16(12-23-13-17)22(28)25-19-11-15(9-8-14(19)2)21(27)24-18-6-4-5-7-20(18)26/h8-13,18,20,26H,3-7H2,1-2H3,(H,24,27)(H,25,28)/t18-,20-/m0/s1. The summed E-state index contributed by atoms with van der Waals surface area (Å²) in [6.07, 6.45) is 5.95. The number of hydrogen-bond donors (Lipinski definition) is 3. The number of aliphatic hydroxyl groups is 1. The highest BCUT2D eigenvalue weighted by atomic mass is 16.5. The molecular formula is C22H27N3O4. The molecule has 0 radical (unpaired) electrons. The second-order valence-electron chi connectivity index (χ2n) is 7.26. The fraction of sp³-hybridized carbons (Fsp3) is 0.409. The number of nitrogens with zero attached hydrogens (tertiary/aromatic N) is 1. The van der Waals surface area contributed by atoms with E-state index in [1.807, 2.05) is 13.8 Å². The Kier molecular flexibility index (Phi) is 6.82. The smallest absolute Gasteiger partial charge is 0.257 e. The van der Waals surface area contributed by atoms with Gasteiger partial charge in [0, 0.05) is 17.4 Å². The Morgan fingerprint density at radius 3 is 2.69 bits per heavy atom. The van der Waals surface area contributed by atoms with Gasteiger partial charge in [-0.2, -0.15) is 0 Å². The number of aryl methyl sites for hydroxylation is 1. The molecule has 1 heterocycles. The first-order valence-corrected chi connectivity index (χ1v) is 9.96. The number of nitrogens with one attached hydrogen (secondary N) is 2. The molecule has 0 aliphatic heterocycles. The first-order valence-electron chi connectivity index (χ1n) is 9.96. The number of ether oxygens (including phenoxy) is 1. The van der Waals surface area contributed by atoms with Crippen molar-refractivity contribution < 1.29 is 19.4 Å². The van der Waals surface area contributed by atoms with Crippen molar-refractivity contribution in [2.75, 3.05) is 11.9 Å². The van der Waals surface area contributed by atoms with Crippen molar-refractivity contribution in [3.05, 3.63) is 53.3 Å². The van der Waals surface area contributed by atoms with Gasteiger partial charge in [0.15, 0.2) is 0 Å². The Morgan fingerprint density at radius 2 is 1.93 bits per heavy atom. The van der Waals surface area contributed by atoms with Gasteiger partial charge in [-0.1, -0.05) is 18.9 Å². The third kappa shape index (κ3) is 5.32. The molecule has 0 unspecified atom stereocenters. The molecule has 3 rings (SSSR count). The van der Waals surface area contributed by atoms with Crippen molar-refractivity contribution in [1.82, 2.24) is 10.3 Å². The normalized spacial score (nSPS) is 18.7. The van der Waals surface area contributed by atoms with Gasteiger partial charge in [-0.3, -0.25) is 14.6 Å². The Balaban J connectivity index is 1.72. The second-order valence-corrected chi connectivity index (χ2v) is 7.26. The summed E-state index contributed by atoms with van der Waals surface area (Å²) in [5, 5.41) is 15.8. The third-order valence-electron chi connectivity index (χ3n) is 5.08. The topological polar surface area (TPSA) is 101 Å². The van der Waals surface area contributed by atoms with Crippen LogP contribution in [-0.2, 0) is 0 Å². The molecule has 29 heavy (non-hydrogen) atoms. The minimum Gasteiger partial charge on any atom is -0.492 e. The number of aromatic nitrogens is 1. The maximum absolute atomic E-state index is 12.6. The van der Waals surface area contributed by atoms with Crippen LogP contribution >= 0.6 is 0 Å². The van der Waals surface area contributed by atoms with Crippen molar-refractivity contribution in [1.29, 1.82) is 0 Å². The van der Waals surface area contributed by atoms with Gasteiger partial charge in [-0.15, -0.1) is 0 Å². The Labute approximate surface area is 170 Å². The quantitative estimate of drug-likeness (QED) is 0.695. The summed E-state index contributed by atoms with van der Waals surface area (Å²) in [5.74, 6) is -0.0649. The Hall–Kier alpha value is -2.93. The van der Waals surface area contributed by atoms with E-state index < -0.39 is 6.10 Å². The van der Waals surface area contributed by atoms with Gasteiger partial charge in [-0.25, -0.2) is 0 Å². The van der Waals surface area contributed by atoms with E-state index >= 15 is 0 Å². The predicted octanol–water partition coefficient (Wildman–Crippen LogP) is 3.07. The molecule has 154 valence electrons. The van der Waals surface area contributed by atoms with Gasteiger partial charge in [-0.05, 0) is 50.5 Å². The van der Waals surface area contributed by atoms with Crippen LogP contribution in [0.2, 0.25) is 0 Å². The zero-order chi connectivity index (χ0) is 20.8. The molecule has 2 amide bonds. The van der Waals surface area contributed by atoms with Crippen LogP contribution in [0.15, 0.2) is 36.7 Å². The number of hydrogen-bond acceptors (Lipinski definition) is 5. The molecule has 1 aliphatic rings. The van der Waals surface area contributed by atoms with Crippen LogP contribution in [0.1, 0.15) is 58.9 Å². The minimum atomic E-state index is -0.512. The summed E-state index contributed by atoms with van der Waals surface area (Å²) in [5.41, 5.74) is 2.19. The molecule has 1 aromatic carbocycles. The van der Waals surface area contributed by atoms with Crippen molar-refractivity contribution in [2.45, 2.75) is 51.7 Å². The maximum Gasteiger partial charge on any atom is 0.257 e. The average Bonchev–Trinajstić information content (AvgIpc) is 2.71. The van der Waals surface area contributed by atoms with Gasteiger partial charge < -0.3 is 20.5 Å². The summed E-state index contributed by atoms with van der Waals surface area (Å²) in [6, 6.07) is 6.55. The molecule has 3 N–H and O–H groups in total. The maximum atomic E-state index is 12.6. The summed E-state index contributed by atoms with van der Waals surface area (Å²) < 4.78 is 5.39. The van der Waals surface area contributed by atoms with Gasteiger partial charge in [0.1, 0.15) is 5.75 Å². The number of benzene rings is 1. The van der Waals surface area contributed by atoms with Crippen LogP contribution in [0.3, 0.4) is 0 Å². The van der Waals surface area contributed by atoms with Crippen LogP contribution < -0.4 is 15.4 Å². The molecule has 2 atom stereocenters. The first-order chi connectivity index (χ1) is 14.0. The predicted molar refractivity (Wildman–Crippen MR) is 110 cm³/mol. The highest BCUT2D eigenvalue weighted by molar-refractivity contribution is 6.05. The van der Waals surface area contributed by atoms with Crippen molar-refractivity contribution in [3.63, 3.8) is 0 Å². The van der Waals surface area contributed by atoms with E-state index in [1.165, 1.54) is 6.20 Å². The molecular weight excluding hydrogens is 370 g/mol. The summed E-state index contributed by atoms with van der Waals surface area (Å²) in [7, 11) is 0. The molecule has 0 bridgehead atoms. The lowest BCUT2D eigenvalue weighted by Crippen LogP contribution is -2.45. The van der Waals surface area contributed by atoms with E-state index in [-0.39, 0.29) is 17.9 Å². The van der Waals surface area contributed by atoms with Gasteiger partial charge in [0.2, 0.25) is 0 Å². The van der Waals surface area contributed by atoms with Crippen LogP contribution in [0.4, 0.5) is 5.69 Å². The van der Waals surface area contributed by atoms with Crippen molar-refractivity contribution in [3.8, 4) is 5.75 Å². The number of carbonyl (C=O) groups excluding carboxylic acids is 2. The SMILES string of the molecule is CCOc1cncc(C(=O)Nc2cc(C(=O)N[C@H]3CCCC[C@@H]3O)ccc2C)c1. The van der Waals surface area contributed by atoms with E-state index in [0.717, 1.165) is 24.8 Å². The number of anilines is 1. The number of rotatable bonds is 6. The van der Waals surface area contributed by atoms with E-state index in [1.54, 1.807) is 30.5 Å². The fourth-order valence-corrected chi connectivity index (χ4v) is 3.41. The van der Waals surface area contributed by atoms with Crippen LogP contribution in [-0.4, -0.2) is 40.7 Å². The van der Waals surface area contributed by atoms with E-state index in [4.69, 9.17) is 4.74 Å². The van der Waals surface area contributed by atoms with Crippen molar-refractivity contribution >= 4 is 17.5 Å². The lowest BCUT2D eigenvalue weighted by atomic mass is 9.92. The molecule has 1 fully saturated rings.